The van der Waals surface area contributed by atoms with Gasteiger partial charge in [0.25, 0.3) is 0 Å². The molecule has 19 heavy (non-hydrogen) atoms. The summed E-state index contributed by atoms with van der Waals surface area (Å²) in [7, 11) is 0. The Kier molecular flexibility index (Phi) is 5.91. The molecule has 1 heteroatoms. The second kappa shape index (κ2) is 7.45. The molecule has 0 aromatic carbocycles. The summed E-state index contributed by atoms with van der Waals surface area (Å²) >= 11 is 0. The van der Waals surface area contributed by atoms with E-state index in [4.69, 9.17) is 4.99 Å². The van der Waals surface area contributed by atoms with Crippen molar-refractivity contribution in [2.24, 2.45) is 22.7 Å². The number of fused-ring (bicyclic) bond motifs is 1. The van der Waals surface area contributed by atoms with Gasteiger partial charge in [-0.1, -0.05) is 52.9 Å². The normalized spacial score (nSPS) is 32.6. The maximum atomic E-state index is 5.06. The first kappa shape index (κ1) is 15.1. The average Bonchev–Trinajstić information content (AvgIpc) is 2.67. The van der Waals surface area contributed by atoms with Gasteiger partial charge in [-0.05, 0) is 49.9 Å². The molecule has 1 aliphatic heterocycles. The van der Waals surface area contributed by atoms with Crippen LogP contribution in [-0.4, -0.2) is 11.8 Å². The Balaban J connectivity index is 1.89. The molecule has 1 heterocycles. The van der Waals surface area contributed by atoms with Crippen molar-refractivity contribution in [1.29, 1.82) is 0 Å². The van der Waals surface area contributed by atoms with Crippen LogP contribution in [0, 0.1) is 17.8 Å². The zero-order chi connectivity index (χ0) is 13.7. The molecule has 0 aromatic heterocycles. The minimum atomic E-state index is 0.700. The second-order valence-electron chi connectivity index (χ2n) is 7.02. The lowest BCUT2D eigenvalue weighted by molar-refractivity contribution is 0.268. The van der Waals surface area contributed by atoms with E-state index in [1.165, 1.54) is 64.2 Å². The Morgan fingerprint density at radius 2 is 2.05 bits per heavy atom. The van der Waals surface area contributed by atoms with Crippen molar-refractivity contribution in [1.82, 2.24) is 0 Å². The van der Waals surface area contributed by atoms with Gasteiger partial charge in [-0.25, -0.2) is 0 Å². The van der Waals surface area contributed by atoms with Crippen LogP contribution in [0.3, 0.4) is 0 Å². The first-order chi connectivity index (χ1) is 9.24. The first-order valence-corrected chi connectivity index (χ1v) is 8.80. The molecule has 0 saturated heterocycles. The number of rotatable bonds is 6. The van der Waals surface area contributed by atoms with Gasteiger partial charge in [0.2, 0.25) is 0 Å². The predicted molar refractivity (Wildman–Crippen MR) is 84.9 cm³/mol. The molecule has 1 fully saturated rings. The van der Waals surface area contributed by atoms with E-state index in [1.807, 2.05) is 0 Å². The molecule has 4 unspecified atom stereocenters. The predicted octanol–water partition coefficient (Wildman–Crippen LogP) is 5.63. The highest BCUT2D eigenvalue weighted by Crippen LogP contribution is 2.40. The van der Waals surface area contributed by atoms with Crippen molar-refractivity contribution < 1.29 is 0 Å². The van der Waals surface area contributed by atoms with E-state index in [9.17, 15) is 0 Å². The van der Waals surface area contributed by atoms with Crippen molar-refractivity contribution in [3.8, 4) is 0 Å². The van der Waals surface area contributed by atoms with Crippen LogP contribution in [0.15, 0.2) is 4.99 Å². The number of hydrogen-bond acceptors (Lipinski definition) is 1. The molecular formula is C18H33N. The second-order valence-corrected chi connectivity index (χ2v) is 7.02. The monoisotopic (exact) mass is 263 g/mol. The van der Waals surface area contributed by atoms with Crippen LogP contribution >= 0.6 is 0 Å². The van der Waals surface area contributed by atoms with Gasteiger partial charge in [0.1, 0.15) is 0 Å². The zero-order valence-electron chi connectivity index (χ0n) is 13.3. The molecule has 1 aliphatic carbocycles. The molecule has 4 atom stereocenters. The largest absolute Gasteiger partial charge is 0.291 e. The van der Waals surface area contributed by atoms with Gasteiger partial charge in [0, 0.05) is 5.71 Å². The first-order valence-electron chi connectivity index (χ1n) is 8.80. The Hall–Kier alpha value is -0.330. The fraction of sp³-hybridized carbons (Fsp3) is 0.944. The van der Waals surface area contributed by atoms with Gasteiger partial charge in [0.15, 0.2) is 0 Å². The van der Waals surface area contributed by atoms with Crippen LogP contribution in [0.4, 0.5) is 0 Å². The summed E-state index contributed by atoms with van der Waals surface area (Å²) in [6, 6.07) is 0.700. The van der Waals surface area contributed by atoms with E-state index >= 15 is 0 Å². The number of hydrogen-bond donors (Lipinski definition) is 0. The standard InChI is InChI=1S/C18H33N/c1-4-6-10-17-13-16-12-15(14(3)8-5-2)9-7-11-18(16)19-17/h14-16,18H,4-13H2,1-3H3. The van der Waals surface area contributed by atoms with Gasteiger partial charge in [-0.15, -0.1) is 0 Å². The molecule has 0 aromatic rings. The molecule has 110 valence electrons. The van der Waals surface area contributed by atoms with Gasteiger partial charge in [-0.3, -0.25) is 4.99 Å². The Morgan fingerprint density at radius 1 is 1.21 bits per heavy atom. The van der Waals surface area contributed by atoms with Crippen LogP contribution in [0.25, 0.3) is 0 Å². The Morgan fingerprint density at radius 3 is 2.79 bits per heavy atom. The molecular weight excluding hydrogens is 230 g/mol. The van der Waals surface area contributed by atoms with E-state index in [2.05, 4.69) is 20.8 Å². The fourth-order valence-electron chi connectivity index (χ4n) is 4.22. The van der Waals surface area contributed by atoms with Crippen LogP contribution in [0.1, 0.15) is 85.0 Å². The molecule has 1 saturated carbocycles. The van der Waals surface area contributed by atoms with Gasteiger partial charge >= 0.3 is 0 Å². The molecule has 2 rings (SSSR count). The summed E-state index contributed by atoms with van der Waals surface area (Å²) in [5, 5.41) is 0. The highest BCUT2D eigenvalue weighted by molar-refractivity contribution is 5.86. The number of unbranched alkanes of at least 4 members (excludes halogenated alkanes) is 1. The van der Waals surface area contributed by atoms with E-state index < -0.39 is 0 Å². The Labute approximate surface area is 120 Å². The maximum Gasteiger partial charge on any atom is 0.0530 e. The van der Waals surface area contributed by atoms with Gasteiger partial charge in [-0.2, -0.15) is 0 Å². The van der Waals surface area contributed by atoms with Crippen LogP contribution in [0.2, 0.25) is 0 Å². The van der Waals surface area contributed by atoms with E-state index in [1.54, 1.807) is 5.71 Å². The van der Waals surface area contributed by atoms with Crippen molar-refractivity contribution in [2.75, 3.05) is 0 Å². The topological polar surface area (TPSA) is 12.4 Å². The third kappa shape index (κ3) is 4.07. The van der Waals surface area contributed by atoms with Gasteiger partial charge in [0.05, 0.1) is 6.04 Å². The number of nitrogens with zero attached hydrogens (tertiary/aromatic N) is 1. The SMILES string of the molecule is CCCCC1=NC2CCCC(C(C)CCC)CC2C1. The molecule has 1 nitrogen and oxygen atoms in total. The smallest absolute Gasteiger partial charge is 0.0530 e. The third-order valence-electron chi connectivity index (χ3n) is 5.44. The summed E-state index contributed by atoms with van der Waals surface area (Å²) < 4.78 is 0. The molecule has 0 spiro atoms. The molecule has 2 aliphatic rings. The summed E-state index contributed by atoms with van der Waals surface area (Å²) in [5.74, 6) is 2.82. The quantitative estimate of drug-likeness (QED) is 0.588. The summed E-state index contributed by atoms with van der Waals surface area (Å²) in [6.45, 7) is 7.11. The molecule has 0 N–H and O–H groups in total. The van der Waals surface area contributed by atoms with Crippen LogP contribution in [-0.2, 0) is 0 Å². The number of aliphatic imine (C=N–C) groups is 1. The van der Waals surface area contributed by atoms with Crippen molar-refractivity contribution in [2.45, 2.75) is 91.0 Å². The maximum absolute atomic E-state index is 5.06. The summed E-state index contributed by atoms with van der Waals surface area (Å²) in [4.78, 5) is 5.06. The lowest BCUT2D eigenvalue weighted by atomic mass is 9.80. The Bertz CT molecular complexity index is 294. The van der Waals surface area contributed by atoms with Crippen molar-refractivity contribution in [3.63, 3.8) is 0 Å². The van der Waals surface area contributed by atoms with Crippen molar-refractivity contribution in [3.05, 3.63) is 0 Å². The van der Waals surface area contributed by atoms with Crippen molar-refractivity contribution >= 4 is 5.71 Å². The minimum absolute atomic E-state index is 0.700. The van der Waals surface area contributed by atoms with Gasteiger partial charge < -0.3 is 0 Å². The lowest BCUT2D eigenvalue weighted by Gasteiger charge is -2.25. The molecule has 0 radical (unpaired) electrons. The third-order valence-corrected chi connectivity index (χ3v) is 5.44. The fourth-order valence-corrected chi connectivity index (χ4v) is 4.22. The molecule has 0 amide bonds. The highest BCUT2D eigenvalue weighted by Gasteiger charge is 2.34. The average molecular weight is 263 g/mol. The minimum Gasteiger partial charge on any atom is -0.291 e. The summed E-state index contributed by atoms with van der Waals surface area (Å²) in [5.41, 5.74) is 1.56. The van der Waals surface area contributed by atoms with Crippen LogP contribution in [0.5, 0.6) is 0 Å². The lowest BCUT2D eigenvalue weighted by Crippen LogP contribution is -2.18. The zero-order valence-corrected chi connectivity index (χ0v) is 13.3. The molecule has 0 bridgehead atoms. The van der Waals surface area contributed by atoms with E-state index in [0.29, 0.717) is 6.04 Å². The highest BCUT2D eigenvalue weighted by atomic mass is 14.9. The van der Waals surface area contributed by atoms with Crippen LogP contribution < -0.4 is 0 Å². The van der Waals surface area contributed by atoms with E-state index in [-0.39, 0.29) is 0 Å². The summed E-state index contributed by atoms with van der Waals surface area (Å²) in [6.07, 6.45) is 13.8. The van der Waals surface area contributed by atoms with E-state index in [0.717, 1.165) is 17.8 Å².